The summed E-state index contributed by atoms with van der Waals surface area (Å²) in [6.07, 6.45) is 8.97. The summed E-state index contributed by atoms with van der Waals surface area (Å²) < 4.78 is 12.4. The highest BCUT2D eigenvalue weighted by Gasteiger charge is 2.13. The van der Waals surface area contributed by atoms with Crippen molar-refractivity contribution in [2.45, 2.75) is 19.9 Å². The van der Waals surface area contributed by atoms with Crippen molar-refractivity contribution in [1.29, 1.82) is 0 Å². The maximum absolute atomic E-state index is 12.6. The molecule has 0 saturated heterocycles. The summed E-state index contributed by atoms with van der Waals surface area (Å²) in [7, 11) is 5.08. The van der Waals surface area contributed by atoms with Gasteiger partial charge in [-0.1, -0.05) is 6.07 Å². The van der Waals surface area contributed by atoms with Crippen LogP contribution >= 0.6 is 0 Å². The van der Waals surface area contributed by atoms with Gasteiger partial charge in [0.25, 0.3) is 0 Å². The predicted octanol–water partition coefficient (Wildman–Crippen LogP) is 4.18. The molecule has 33 heavy (non-hydrogen) atoms. The molecule has 3 aromatic heterocycles. The zero-order chi connectivity index (χ0) is 23.5. The number of nitrogens with one attached hydrogen (secondary N) is 2. The number of nitrogens with zero attached hydrogens (tertiary/aromatic N) is 3. The number of methoxy groups -OCH3 is 2. The molecule has 2 N–H and O–H groups in total. The summed E-state index contributed by atoms with van der Waals surface area (Å²) in [5, 5.41) is 8.33. The number of amides is 1. The number of benzene rings is 1. The molecule has 0 radical (unpaired) electrons. The predicted molar refractivity (Wildman–Crippen MR) is 128 cm³/mol. The van der Waals surface area contributed by atoms with Crippen LogP contribution in [0.2, 0.25) is 0 Å². The molecule has 4 rings (SSSR count). The van der Waals surface area contributed by atoms with E-state index in [4.69, 9.17) is 9.47 Å². The molecule has 0 spiro atoms. The third-order valence-corrected chi connectivity index (χ3v) is 5.57. The van der Waals surface area contributed by atoms with E-state index in [2.05, 4.69) is 26.4 Å². The van der Waals surface area contributed by atoms with Gasteiger partial charge in [0.05, 0.1) is 26.0 Å². The zero-order valence-corrected chi connectivity index (χ0v) is 19.3. The van der Waals surface area contributed by atoms with Crippen molar-refractivity contribution in [3.63, 3.8) is 0 Å². The number of carbonyl (C=O) groups excluding carboxylic acids is 1. The highest BCUT2D eigenvalue weighted by Crippen LogP contribution is 2.30. The Morgan fingerprint density at radius 3 is 2.70 bits per heavy atom. The van der Waals surface area contributed by atoms with Crippen molar-refractivity contribution in [3.8, 4) is 22.6 Å². The van der Waals surface area contributed by atoms with Crippen LogP contribution in [0.15, 0.2) is 48.9 Å². The fraction of sp³-hybridized carbons (Fsp3) is 0.240. The first-order chi connectivity index (χ1) is 15.9. The number of fused-ring (bicyclic) bond motifs is 1. The molecular formula is C25H27N5O3. The fourth-order valence-electron chi connectivity index (χ4n) is 3.82. The van der Waals surface area contributed by atoms with Gasteiger partial charge >= 0.3 is 0 Å². The van der Waals surface area contributed by atoms with Gasteiger partial charge in [-0.25, -0.2) is 4.98 Å². The van der Waals surface area contributed by atoms with Gasteiger partial charge in [0, 0.05) is 53.8 Å². The number of rotatable bonds is 7. The Labute approximate surface area is 192 Å². The number of carbonyl (C=O) groups is 1. The lowest BCUT2D eigenvalue weighted by Gasteiger charge is -2.15. The minimum Gasteiger partial charge on any atom is -0.493 e. The van der Waals surface area contributed by atoms with Gasteiger partial charge in [0.1, 0.15) is 5.65 Å². The zero-order valence-electron chi connectivity index (χ0n) is 19.3. The standard InChI is InChI=1S/C25H27N5O3/c1-15(17-6-8-22(32-4)23(11-17)33-5)28-24(31)9-7-18-12-26-25-20(18)10-19(13-27-25)21-14-30(3)29-16(21)2/h6-15H,1-5H3,(H,26,27)(H,28,31)/b9-7+/t15-/m1/s1. The average Bonchev–Trinajstić information content (AvgIpc) is 3.38. The van der Waals surface area contributed by atoms with Crippen LogP contribution in [0.4, 0.5) is 0 Å². The molecule has 1 atom stereocenters. The Bertz CT molecular complexity index is 1340. The number of aryl methyl sites for hydroxylation is 2. The topological polar surface area (TPSA) is 94.1 Å². The van der Waals surface area contributed by atoms with Crippen molar-refractivity contribution >= 4 is 23.0 Å². The third-order valence-electron chi connectivity index (χ3n) is 5.57. The van der Waals surface area contributed by atoms with E-state index in [1.165, 1.54) is 6.08 Å². The number of hydrogen-bond acceptors (Lipinski definition) is 5. The summed E-state index contributed by atoms with van der Waals surface area (Å²) in [5.41, 5.74) is 5.52. The van der Waals surface area contributed by atoms with Gasteiger partial charge in [-0.15, -0.1) is 0 Å². The van der Waals surface area contributed by atoms with Crippen LogP contribution in [0.5, 0.6) is 11.5 Å². The molecule has 1 aromatic carbocycles. The summed E-state index contributed by atoms with van der Waals surface area (Å²) in [4.78, 5) is 20.3. The van der Waals surface area contributed by atoms with Gasteiger partial charge < -0.3 is 19.8 Å². The molecule has 0 aliphatic carbocycles. The van der Waals surface area contributed by atoms with Crippen molar-refractivity contribution in [2.75, 3.05) is 14.2 Å². The van der Waals surface area contributed by atoms with Gasteiger partial charge in [0.15, 0.2) is 11.5 Å². The van der Waals surface area contributed by atoms with E-state index < -0.39 is 0 Å². The lowest BCUT2D eigenvalue weighted by Crippen LogP contribution is -2.24. The van der Waals surface area contributed by atoms with Crippen molar-refractivity contribution in [3.05, 3.63) is 65.8 Å². The summed E-state index contributed by atoms with van der Waals surface area (Å²) in [6.45, 7) is 3.90. The monoisotopic (exact) mass is 445 g/mol. The Balaban J connectivity index is 1.51. The van der Waals surface area contributed by atoms with Gasteiger partial charge in [0.2, 0.25) is 5.91 Å². The Morgan fingerprint density at radius 1 is 1.21 bits per heavy atom. The molecular weight excluding hydrogens is 418 g/mol. The average molecular weight is 446 g/mol. The van der Waals surface area contributed by atoms with Crippen molar-refractivity contribution < 1.29 is 14.3 Å². The molecule has 3 heterocycles. The molecule has 170 valence electrons. The highest BCUT2D eigenvalue weighted by molar-refractivity contribution is 5.96. The second kappa shape index (κ2) is 9.20. The van der Waals surface area contributed by atoms with Gasteiger partial charge in [-0.3, -0.25) is 9.48 Å². The molecule has 0 fully saturated rings. The second-order valence-electron chi connectivity index (χ2n) is 7.84. The number of pyridine rings is 1. The third kappa shape index (κ3) is 4.59. The normalized spacial score (nSPS) is 12.3. The van der Waals surface area contributed by atoms with E-state index in [1.54, 1.807) is 25.0 Å². The lowest BCUT2D eigenvalue weighted by molar-refractivity contribution is -0.117. The Morgan fingerprint density at radius 2 is 2.00 bits per heavy atom. The first-order valence-corrected chi connectivity index (χ1v) is 10.6. The van der Waals surface area contributed by atoms with Crippen LogP contribution in [0.1, 0.15) is 29.8 Å². The van der Waals surface area contributed by atoms with Crippen molar-refractivity contribution in [1.82, 2.24) is 25.1 Å². The van der Waals surface area contributed by atoms with Crippen LogP contribution in [-0.4, -0.2) is 39.9 Å². The number of aromatic nitrogens is 4. The van der Waals surface area contributed by atoms with Crippen LogP contribution in [0, 0.1) is 6.92 Å². The fourth-order valence-corrected chi connectivity index (χ4v) is 3.82. The summed E-state index contributed by atoms with van der Waals surface area (Å²) in [5.74, 6) is 1.07. The number of aromatic amines is 1. The minimum absolute atomic E-state index is 0.196. The van der Waals surface area contributed by atoms with Crippen LogP contribution in [-0.2, 0) is 11.8 Å². The van der Waals surface area contributed by atoms with Gasteiger partial charge in [-0.05, 0) is 43.7 Å². The second-order valence-corrected chi connectivity index (χ2v) is 7.84. The smallest absolute Gasteiger partial charge is 0.244 e. The van der Waals surface area contributed by atoms with Crippen LogP contribution in [0.25, 0.3) is 28.2 Å². The first-order valence-electron chi connectivity index (χ1n) is 10.6. The molecule has 0 unspecified atom stereocenters. The number of ether oxygens (including phenoxy) is 2. The van der Waals surface area contributed by atoms with E-state index in [0.29, 0.717) is 11.5 Å². The molecule has 0 saturated carbocycles. The molecule has 8 heteroatoms. The molecule has 8 nitrogen and oxygen atoms in total. The summed E-state index contributed by atoms with van der Waals surface area (Å²) in [6, 6.07) is 7.45. The lowest BCUT2D eigenvalue weighted by atomic mass is 10.1. The van der Waals surface area contributed by atoms with E-state index >= 15 is 0 Å². The molecule has 0 bridgehead atoms. The van der Waals surface area contributed by atoms with E-state index in [-0.39, 0.29) is 11.9 Å². The maximum Gasteiger partial charge on any atom is 0.244 e. The van der Waals surface area contributed by atoms with Crippen LogP contribution in [0.3, 0.4) is 0 Å². The van der Waals surface area contributed by atoms with E-state index in [1.807, 2.05) is 57.7 Å². The quantitative estimate of drug-likeness (QED) is 0.416. The Kier molecular flexibility index (Phi) is 6.17. The minimum atomic E-state index is -0.202. The van der Waals surface area contributed by atoms with Crippen molar-refractivity contribution in [2.24, 2.45) is 7.05 Å². The number of H-pyrrole nitrogens is 1. The molecule has 4 aromatic rings. The van der Waals surface area contributed by atoms with E-state index in [0.717, 1.165) is 39.0 Å². The highest BCUT2D eigenvalue weighted by atomic mass is 16.5. The summed E-state index contributed by atoms with van der Waals surface area (Å²) >= 11 is 0. The Hall–Kier alpha value is -4.07. The first kappa shape index (κ1) is 22.1. The molecule has 1 amide bonds. The van der Waals surface area contributed by atoms with Gasteiger partial charge in [-0.2, -0.15) is 5.10 Å². The number of hydrogen-bond donors (Lipinski definition) is 2. The van der Waals surface area contributed by atoms with E-state index in [9.17, 15) is 4.79 Å². The molecule has 0 aliphatic heterocycles. The SMILES string of the molecule is COc1ccc([C@@H](C)NC(=O)/C=C/c2c[nH]c3ncc(-c4cn(C)nc4C)cc23)cc1OC. The van der Waals surface area contributed by atoms with Crippen LogP contribution < -0.4 is 14.8 Å². The maximum atomic E-state index is 12.6. The molecule has 0 aliphatic rings. The largest absolute Gasteiger partial charge is 0.493 e.